The third-order valence-corrected chi connectivity index (χ3v) is 5.31. The van der Waals surface area contributed by atoms with Crippen molar-refractivity contribution in [1.29, 1.82) is 0 Å². The highest BCUT2D eigenvalue weighted by Gasteiger charge is 2.19. The summed E-state index contributed by atoms with van der Waals surface area (Å²) in [5, 5.41) is 7.98. The van der Waals surface area contributed by atoms with Gasteiger partial charge in [0.05, 0.1) is 22.8 Å². The average molecular weight is 391 g/mol. The molecule has 2 aromatic heterocycles. The van der Waals surface area contributed by atoms with Gasteiger partial charge in [0.25, 0.3) is 5.91 Å². The first-order valence-electron chi connectivity index (χ1n) is 10.2. The molecule has 2 amide bonds. The first kappa shape index (κ1) is 19.1. The highest BCUT2D eigenvalue weighted by molar-refractivity contribution is 6.06. The molecule has 29 heavy (non-hydrogen) atoms. The first-order valence-corrected chi connectivity index (χ1v) is 10.2. The lowest BCUT2D eigenvalue weighted by Gasteiger charge is -2.15. The number of fused-ring (bicyclic) bond motifs is 1. The standard InChI is InChI=1S/C22H25N5O2/c1-2-27-21-18(15-24-27)17(14-19(25-21)16-8-4-3-5-9-16)22(29)23-11-10-20(28)26-12-6-7-13-26/h3-5,8-9,14-15H,2,6-7,10-13H2,1H3,(H,23,29). The van der Waals surface area contributed by atoms with Gasteiger partial charge in [-0.2, -0.15) is 5.10 Å². The maximum Gasteiger partial charge on any atom is 0.252 e. The molecule has 0 unspecified atom stereocenters. The number of hydrogen-bond donors (Lipinski definition) is 1. The number of benzene rings is 1. The molecule has 0 radical (unpaired) electrons. The molecule has 0 saturated carbocycles. The zero-order valence-corrected chi connectivity index (χ0v) is 16.6. The minimum atomic E-state index is -0.209. The molecular formula is C22H25N5O2. The predicted molar refractivity (Wildman–Crippen MR) is 111 cm³/mol. The van der Waals surface area contributed by atoms with Gasteiger partial charge in [0.2, 0.25) is 5.91 Å². The third kappa shape index (κ3) is 3.99. The summed E-state index contributed by atoms with van der Waals surface area (Å²) in [4.78, 5) is 31.8. The van der Waals surface area contributed by atoms with Crippen molar-refractivity contribution in [2.75, 3.05) is 19.6 Å². The van der Waals surface area contributed by atoms with E-state index in [1.165, 1.54) is 0 Å². The zero-order valence-electron chi connectivity index (χ0n) is 16.6. The van der Waals surface area contributed by atoms with Gasteiger partial charge in [0.1, 0.15) is 0 Å². The van der Waals surface area contributed by atoms with Crippen LogP contribution in [0.2, 0.25) is 0 Å². The smallest absolute Gasteiger partial charge is 0.252 e. The van der Waals surface area contributed by atoms with Crippen LogP contribution < -0.4 is 5.32 Å². The van der Waals surface area contributed by atoms with E-state index in [9.17, 15) is 9.59 Å². The lowest BCUT2D eigenvalue weighted by Crippen LogP contribution is -2.32. The molecular weight excluding hydrogens is 366 g/mol. The summed E-state index contributed by atoms with van der Waals surface area (Å²) in [6, 6.07) is 11.6. The number of carbonyl (C=O) groups excluding carboxylic acids is 2. The van der Waals surface area contributed by atoms with Crippen molar-refractivity contribution in [3.05, 3.63) is 48.2 Å². The van der Waals surface area contributed by atoms with E-state index in [1.54, 1.807) is 16.9 Å². The van der Waals surface area contributed by atoms with Gasteiger partial charge in [-0.05, 0) is 25.8 Å². The molecule has 1 aliphatic heterocycles. The number of likely N-dealkylation sites (tertiary alicyclic amines) is 1. The molecule has 7 heteroatoms. The van der Waals surface area contributed by atoms with Crippen LogP contribution in [0, 0.1) is 0 Å². The minimum absolute atomic E-state index is 0.103. The molecule has 0 aliphatic carbocycles. The summed E-state index contributed by atoms with van der Waals surface area (Å²) < 4.78 is 1.79. The molecule has 1 N–H and O–H groups in total. The summed E-state index contributed by atoms with van der Waals surface area (Å²) in [5.41, 5.74) is 2.89. The number of pyridine rings is 1. The van der Waals surface area contributed by atoms with Crippen LogP contribution in [0.1, 0.15) is 36.5 Å². The van der Waals surface area contributed by atoms with Gasteiger partial charge in [-0.25, -0.2) is 9.67 Å². The Hall–Kier alpha value is -3.22. The van der Waals surface area contributed by atoms with Gasteiger partial charge in [-0.15, -0.1) is 0 Å². The van der Waals surface area contributed by atoms with E-state index in [0.717, 1.165) is 42.6 Å². The highest BCUT2D eigenvalue weighted by Crippen LogP contribution is 2.25. The van der Waals surface area contributed by atoms with Crippen LogP contribution in [0.5, 0.6) is 0 Å². The van der Waals surface area contributed by atoms with Gasteiger partial charge in [-0.1, -0.05) is 30.3 Å². The van der Waals surface area contributed by atoms with E-state index in [1.807, 2.05) is 42.2 Å². The highest BCUT2D eigenvalue weighted by atomic mass is 16.2. The Balaban J connectivity index is 1.57. The molecule has 0 bridgehead atoms. The summed E-state index contributed by atoms with van der Waals surface area (Å²) in [6.07, 6.45) is 4.14. The Morgan fingerprint density at radius 2 is 1.90 bits per heavy atom. The van der Waals surface area contributed by atoms with Gasteiger partial charge in [0, 0.05) is 38.2 Å². The Kier molecular flexibility index (Phi) is 5.55. The zero-order chi connectivity index (χ0) is 20.2. The lowest BCUT2D eigenvalue weighted by atomic mass is 10.1. The number of aromatic nitrogens is 3. The topological polar surface area (TPSA) is 80.1 Å². The Morgan fingerprint density at radius 3 is 2.62 bits per heavy atom. The van der Waals surface area contributed by atoms with E-state index in [-0.39, 0.29) is 11.8 Å². The fourth-order valence-corrected chi connectivity index (χ4v) is 3.73. The molecule has 3 heterocycles. The fourth-order valence-electron chi connectivity index (χ4n) is 3.73. The number of nitrogens with one attached hydrogen (secondary N) is 1. The second kappa shape index (κ2) is 8.43. The molecule has 1 saturated heterocycles. The molecule has 1 fully saturated rings. The molecule has 1 aromatic carbocycles. The second-order valence-corrected chi connectivity index (χ2v) is 7.21. The quantitative estimate of drug-likeness (QED) is 0.701. The van der Waals surface area contributed by atoms with Crippen molar-refractivity contribution in [1.82, 2.24) is 25.0 Å². The van der Waals surface area contributed by atoms with Crippen molar-refractivity contribution in [2.45, 2.75) is 32.7 Å². The Labute approximate surface area is 169 Å². The maximum absolute atomic E-state index is 12.9. The molecule has 1 aliphatic rings. The van der Waals surface area contributed by atoms with Crippen LogP contribution in [0.15, 0.2) is 42.6 Å². The molecule has 4 rings (SSSR count). The van der Waals surface area contributed by atoms with Crippen molar-refractivity contribution >= 4 is 22.8 Å². The van der Waals surface area contributed by atoms with Gasteiger partial charge in [-0.3, -0.25) is 9.59 Å². The number of aryl methyl sites for hydroxylation is 1. The second-order valence-electron chi connectivity index (χ2n) is 7.21. The third-order valence-electron chi connectivity index (χ3n) is 5.31. The summed E-state index contributed by atoms with van der Waals surface area (Å²) in [6.45, 7) is 4.64. The van der Waals surface area contributed by atoms with Gasteiger partial charge >= 0.3 is 0 Å². The van der Waals surface area contributed by atoms with Crippen LogP contribution in [-0.2, 0) is 11.3 Å². The summed E-state index contributed by atoms with van der Waals surface area (Å²) in [7, 11) is 0. The van der Waals surface area contributed by atoms with Crippen LogP contribution in [-0.4, -0.2) is 51.1 Å². The molecule has 0 spiro atoms. The van der Waals surface area contributed by atoms with Crippen LogP contribution in [0.3, 0.4) is 0 Å². The fraction of sp³-hybridized carbons (Fsp3) is 0.364. The minimum Gasteiger partial charge on any atom is -0.351 e. The first-order chi connectivity index (χ1) is 14.2. The predicted octanol–water partition coefficient (Wildman–Crippen LogP) is 2.86. The van der Waals surface area contributed by atoms with E-state index in [0.29, 0.717) is 30.7 Å². The maximum atomic E-state index is 12.9. The monoisotopic (exact) mass is 391 g/mol. The SMILES string of the molecule is CCn1ncc2c(C(=O)NCCC(=O)N3CCCC3)cc(-c3ccccc3)nc21. The Morgan fingerprint density at radius 1 is 1.14 bits per heavy atom. The molecule has 3 aromatic rings. The van der Waals surface area contributed by atoms with E-state index < -0.39 is 0 Å². The van der Waals surface area contributed by atoms with Gasteiger partial charge < -0.3 is 10.2 Å². The lowest BCUT2D eigenvalue weighted by molar-refractivity contribution is -0.129. The number of hydrogen-bond acceptors (Lipinski definition) is 4. The molecule has 150 valence electrons. The van der Waals surface area contributed by atoms with Crippen molar-refractivity contribution < 1.29 is 9.59 Å². The molecule has 7 nitrogen and oxygen atoms in total. The van der Waals surface area contributed by atoms with Crippen molar-refractivity contribution in [3.8, 4) is 11.3 Å². The van der Waals surface area contributed by atoms with Crippen LogP contribution >= 0.6 is 0 Å². The summed E-state index contributed by atoms with van der Waals surface area (Å²) in [5.74, 6) is -0.106. The van der Waals surface area contributed by atoms with Crippen LogP contribution in [0.25, 0.3) is 22.3 Å². The van der Waals surface area contributed by atoms with E-state index >= 15 is 0 Å². The van der Waals surface area contributed by atoms with E-state index in [4.69, 9.17) is 4.98 Å². The van der Waals surface area contributed by atoms with Crippen molar-refractivity contribution in [3.63, 3.8) is 0 Å². The number of amides is 2. The average Bonchev–Trinajstić information content (AvgIpc) is 3.43. The largest absolute Gasteiger partial charge is 0.351 e. The van der Waals surface area contributed by atoms with Gasteiger partial charge in [0.15, 0.2) is 5.65 Å². The van der Waals surface area contributed by atoms with Crippen molar-refractivity contribution in [2.24, 2.45) is 0 Å². The van der Waals surface area contributed by atoms with E-state index in [2.05, 4.69) is 10.4 Å². The number of rotatable bonds is 6. The normalized spacial score (nSPS) is 13.8. The summed E-state index contributed by atoms with van der Waals surface area (Å²) >= 11 is 0. The Bertz CT molecular complexity index is 1020. The van der Waals surface area contributed by atoms with Crippen LogP contribution in [0.4, 0.5) is 0 Å². The number of carbonyl (C=O) groups is 2. The molecule has 0 atom stereocenters. The number of nitrogens with zero attached hydrogens (tertiary/aromatic N) is 4.